The van der Waals surface area contributed by atoms with Gasteiger partial charge in [-0.1, -0.05) is 0 Å². The minimum Gasteiger partial charge on any atom is -0.487 e. The second kappa shape index (κ2) is 5.42. The molecular formula is C17H15N3OS. The van der Waals surface area contributed by atoms with Crippen molar-refractivity contribution in [2.24, 2.45) is 0 Å². The number of fused-ring (bicyclic) bond motifs is 1. The van der Waals surface area contributed by atoms with Crippen molar-refractivity contribution in [1.82, 2.24) is 9.97 Å². The van der Waals surface area contributed by atoms with E-state index < -0.39 is 0 Å². The quantitative estimate of drug-likeness (QED) is 0.775. The molecule has 110 valence electrons. The second-order valence-electron chi connectivity index (χ2n) is 5.29. The number of anilines is 1. The summed E-state index contributed by atoms with van der Waals surface area (Å²) in [7, 11) is 0. The number of hydrogen-bond donors (Lipinski definition) is 1. The van der Waals surface area contributed by atoms with E-state index in [9.17, 15) is 0 Å². The summed E-state index contributed by atoms with van der Waals surface area (Å²) in [5.41, 5.74) is 4.22. The van der Waals surface area contributed by atoms with Gasteiger partial charge >= 0.3 is 0 Å². The summed E-state index contributed by atoms with van der Waals surface area (Å²) < 4.78 is 5.81. The molecular weight excluding hydrogens is 294 g/mol. The molecule has 0 saturated carbocycles. The highest BCUT2D eigenvalue weighted by Gasteiger charge is 2.16. The topological polar surface area (TPSA) is 47.0 Å². The van der Waals surface area contributed by atoms with E-state index >= 15 is 0 Å². The third kappa shape index (κ3) is 2.44. The largest absolute Gasteiger partial charge is 0.487 e. The molecule has 4 rings (SSSR count). The van der Waals surface area contributed by atoms with Crippen molar-refractivity contribution in [1.29, 1.82) is 0 Å². The van der Waals surface area contributed by atoms with E-state index in [4.69, 9.17) is 9.72 Å². The number of nitrogens with zero attached hydrogens (tertiary/aromatic N) is 2. The fourth-order valence-electron chi connectivity index (χ4n) is 2.48. The molecule has 22 heavy (non-hydrogen) atoms. The smallest absolute Gasteiger partial charge is 0.142 e. The van der Waals surface area contributed by atoms with Crippen molar-refractivity contribution in [3.05, 3.63) is 48.1 Å². The van der Waals surface area contributed by atoms with E-state index in [1.807, 2.05) is 18.2 Å². The van der Waals surface area contributed by atoms with E-state index in [-0.39, 0.29) is 6.10 Å². The molecule has 0 aliphatic carbocycles. The Morgan fingerprint density at radius 1 is 1.18 bits per heavy atom. The SMILES string of the molecule is CC1CNc2cc(-c3csc(-c4ccncc4)n3)ccc2O1. The number of thiazole rings is 1. The molecule has 0 saturated heterocycles. The summed E-state index contributed by atoms with van der Waals surface area (Å²) in [5, 5.41) is 6.50. The van der Waals surface area contributed by atoms with Crippen molar-refractivity contribution in [2.45, 2.75) is 13.0 Å². The van der Waals surface area contributed by atoms with Crippen LogP contribution in [0.5, 0.6) is 5.75 Å². The first-order chi connectivity index (χ1) is 10.8. The average molecular weight is 309 g/mol. The molecule has 5 heteroatoms. The van der Waals surface area contributed by atoms with Crippen molar-refractivity contribution in [3.63, 3.8) is 0 Å². The maximum Gasteiger partial charge on any atom is 0.142 e. The Bertz CT molecular complexity index is 801. The highest BCUT2D eigenvalue weighted by molar-refractivity contribution is 7.13. The van der Waals surface area contributed by atoms with Crippen molar-refractivity contribution in [2.75, 3.05) is 11.9 Å². The molecule has 1 aliphatic heterocycles. The van der Waals surface area contributed by atoms with Gasteiger partial charge in [0.05, 0.1) is 17.9 Å². The molecule has 0 fully saturated rings. The first kappa shape index (κ1) is 13.3. The van der Waals surface area contributed by atoms with Crippen LogP contribution in [-0.2, 0) is 0 Å². The van der Waals surface area contributed by atoms with Crippen LogP contribution in [0.25, 0.3) is 21.8 Å². The predicted molar refractivity (Wildman–Crippen MR) is 89.4 cm³/mol. The van der Waals surface area contributed by atoms with E-state index in [1.54, 1.807) is 23.7 Å². The van der Waals surface area contributed by atoms with Crippen molar-refractivity contribution >= 4 is 17.0 Å². The van der Waals surface area contributed by atoms with E-state index in [1.165, 1.54) is 0 Å². The fourth-order valence-corrected chi connectivity index (χ4v) is 3.31. The first-order valence-corrected chi connectivity index (χ1v) is 8.08. The van der Waals surface area contributed by atoms with Crippen LogP contribution in [0.15, 0.2) is 48.1 Å². The maximum absolute atomic E-state index is 5.81. The lowest BCUT2D eigenvalue weighted by Crippen LogP contribution is -2.27. The summed E-state index contributed by atoms with van der Waals surface area (Å²) in [4.78, 5) is 8.78. The predicted octanol–water partition coefficient (Wildman–Crippen LogP) is 4.06. The van der Waals surface area contributed by atoms with Gasteiger partial charge in [-0.2, -0.15) is 0 Å². The zero-order valence-corrected chi connectivity index (χ0v) is 12.9. The van der Waals surface area contributed by atoms with Gasteiger partial charge in [0.1, 0.15) is 16.9 Å². The Morgan fingerprint density at radius 3 is 2.91 bits per heavy atom. The van der Waals surface area contributed by atoms with E-state index in [0.717, 1.165) is 39.8 Å². The van der Waals surface area contributed by atoms with Gasteiger partial charge in [-0.25, -0.2) is 4.98 Å². The monoisotopic (exact) mass is 309 g/mol. The van der Waals surface area contributed by atoms with Crippen LogP contribution in [0.1, 0.15) is 6.92 Å². The van der Waals surface area contributed by atoms with Crippen LogP contribution in [0, 0.1) is 0 Å². The molecule has 0 radical (unpaired) electrons. The number of benzene rings is 1. The van der Waals surface area contributed by atoms with Crippen LogP contribution in [0.2, 0.25) is 0 Å². The summed E-state index contributed by atoms with van der Waals surface area (Å²) in [6.07, 6.45) is 3.78. The third-order valence-electron chi connectivity index (χ3n) is 3.61. The lowest BCUT2D eigenvalue weighted by atomic mass is 10.1. The van der Waals surface area contributed by atoms with Crippen LogP contribution < -0.4 is 10.1 Å². The average Bonchev–Trinajstić information content (AvgIpc) is 3.05. The standard InChI is InChI=1S/C17H15N3OS/c1-11-9-19-14-8-13(2-3-16(14)21-11)15-10-22-17(20-15)12-4-6-18-7-5-12/h2-8,10-11,19H,9H2,1H3. The molecule has 1 atom stereocenters. The van der Waals surface area contributed by atoms with Gasteiger partial charge in [0.25, 0.3) is 0 Å². The van der Waals surface area contributed by atoms with Crippen LogP contribution in [0.4, 0.5) is 5.69 Å². The highest BCUT2D eigenvalue weighted by Crippen LogP contribution is 2.35. The number of hydrogen-bond acceptors (Lipinski definition) is 5. The lowest BCUT2D eigenvalue weighted by molar-refractivity contribution is 0.226. The Kier molecular flexibility index (Phi) is 3.27. The maximum atomic E-state index is 5.81. The molecule has 1 aromatic carbocycles. The van der Waals surface area contributed by atoms with Crippen LogP contribution in [-0.4, -0.2) is 22.6 Å². The van der Waals surface area contributed by atoms with E-state index in [2.05, 4.69) is 34.7 Å². The molecule has 0 amide bonds. The summed E-state index contributed by atoms with van der Waals surface area (Å²) in [6, 6.07) is 10.1. The summed E-state index contributed by atoms with van der Waals surface area (Å²) in [5.74, 6) is 0.909. The minimum absolute atomic E-state index is 0.205. The zero-order valence-electron chi connectivity index (χ0n) is 12.1. The Labute approximate surface area is 132 Å². The highest BCUT2D eigenvalue weighted by atomic mass is 32.1. The summed E-state index contributed by atoms with van der Waals surface area (Å²) >= 11 is 1.64. The molecule has 4 nitrogen and oxygen atoms in total. The Morgan fingerprint density at radius 2 is 2.05 bits per heavy atom. The van der Waals surface area contributed by atoms with Crippen molar-refractivity contribution < 1.29 is 4.74 Å². The molecule has 3 heterocycles. The van der Waals surface area contributed by atoms with Gasteiger partial charge in [0, 0.05) is 28.9 Å². The minimum atomic E-state index is 0.205. The third-order valence-corrected chi connectivity index (χ3v) is 4.51. The van der Waals surface area contributed by atoms with Crippen molar-refractivity contribution in [3.8, 4) is 27.6 Å². The molecule has 0 bridgehead atoms. The first-order valence-electron chi connectivity index (χ1n) is 7.20. The van der Waals surface area contributed by atoms with Gasteiger partial charge in [-0.05, 0) is 37.3 Å². The molecule has 1 unspecified atom stereocenters. The Balaban J connectivity index is 1.67. The number of aromatic nitrogens is 2. The number of pyridine rings is 1. The molecule has 1 N–H and O–H groups in total. The number of ether oxygens (including phenoxy) is 1. The molecule has 3 aromatic rings. The van der Waals surface area contributed by atoms with Crippen LogP contribution in [0.3, 0.4) is 0 Å². The van der Waals surface area contributed by atoms with E-state index in [0.29, 0.717) is 0 Å². The molecule has 2 aromatic heterocycles. The Hall–Kier alpha value is -2.40. The van der Waals surface area contributed by atoms with Gasteiger partial charge in [-0.3, -0.25) is 4.98 Å². The fraction of sp³-hybridized carbons (Fsp3) is 0.176. The van der Waals surface area contributed by atoms with Gasteiger partial charge in [0.15, 0.2) is 0 Å². The van der Waals surface area contributed by atoms with Gasteiger partial charge in [-0.15, -0.1) is 11.3 Å². The number of nitrogens with one attached hydrogen (secondary N) is 1. The lowest BCUT2D eigenvalue weighted by Gasteiger charge is -2.25. The number of rotatable bonds is 2. The molecule has 1 aliphatic rings. The zero-order chi connectivity index (χ0) is 14.9. The normalized spacial score (nSPS) is 16.5. The van der Waals surface area contributed by atoms with Gasteiger partial charge in [0.2, 0.25) is 0 Å². The summed E-state index contributed by atoms with van der Waals surface area (Å²) in [6.45, 7) is 2.89. The van der Waals surface area contributed by atoms with Gasteiger partial charge < -0.3 is 10.1 Å². The molecule has 0 spiro atoms. The van der Waals surface area contributed by atoms with Crippen LogP contribution >= 0.6 is 11.3 Å². The second-order valence-corrected chi connectivity index (χ2v) is 6.15.